The first-order valence-electron chi connectivity index (χ1n) is 2.06. The zero-order valence-electron chi connectivity index (χ0n) is 4.09. The van der Waals surface area contributed by atoms with Crippen molar-refractivity contribution < 1.29 is 9.66 Å². The lowest BCUT2D eigenvalue weighted by molar-refractivity contribution is 0.319. The summed E-state index contributed by atoms with van der Waals surface area (Å²) in [5, 5.41) is 8.15. The quantitative estimate of drug-likeness (QED) is 0.514. The molecule has 7 heavy (non-hydrogen) atoms. The summed E-state index contributed by atoms with van der Waals surface area (Å²) in [7, 11) is 0. The van der Waals surface area contributed by atoms with E-state index in [1.807, 2.05) is 0 Å². The van der Waals surface area contributed by atoms with E-state index in [0.29, 0.717) is 11.5 Å². The van der Waals surface area contributed by atoms with Gasteiger partial charge in [-0.1, -0.05) is 11.2 Å². The topological polar surface area (TPSA) is 43.3 Å². The molecule has 0 aromatic rings. The number of aliphatic hydroxyl groups excluding tert-OH is 1. The number of aliphatic hydroxyl groups is 1. The van der Waals surface area contributed by atoms with Gasteiger partial charge in [-0.05, 0) is 6.92 Å². The average Bonchev–Trinajstić information content (AvgIpc) is 1.68. The van der Waals surface area contributed by atoms with E-state index in [0.717, 1.165) is 0 Å². The summed E-state index contributed by atoms with van der Waals surface area (Å²) >= 11 is -0.888. The van der Waals surface area contributed by atoms with Crippen molar-refractivity contribution in [2.45, 2.75) is 0 Å². The summed E-state index contributed by atoms with van der Waals surface area (Å²) in [4.78, 5) is 0. The second-order valence-electron chi connectivity index (χ2n) is 1.07. The Morgan fingerprint density at radius 3 is 2.43 bits per heavy atom. The lowest BCUT2D eigenvalue weighted by Gasteiger charge is -2.03. The Morgan fingerprint density at radius 1 is 1.71 bits per heavy atom. The van der Waals surface area contributed by atoms with Crippen LogP contribution in [-0.2, 0) is 11.2 Å². The van der Waals surface area contributed by atoms with Crippen LogP contribution in [0, 0.1) is 6.92 Å². The van der Waals surface area contributed by atoms with E-state index in [9.17, 15) is 4.55 Å². The molecule has 0 aliphatic rings. The van der Waals surface area contributed by atoms with Crippen LogP contribution >= 0.6 is 0 Å². The van der Waals surface area contributed by atoms with Crippen molar-refractivity contribution in [1.82, 2.24) is 0 Å². The normalized spacial score (nSPS) is 14.1. The summed E-state index contributed by atoms with van der Waals surface area (Å²) in [6, 6.07) is 0. The van der Waals surface area contributed by atoms with Gasteiger partial charge in [-0.2, -0.15) is 0 Å². The molecular formula is C4H9O2S. The molecule has 0 spiro atoms. The van der Waals surface area contributed by atoms with Gasteiger partial charge in [0, 0.05) is 0 Å². The standard InChI is InChI=1S/C4H9O2S/c1-2-7(6)4-3-5/h5H,1-4H2. The van der Waals surface area contributed by atoms with E-state index in [1.54, 1.807) is 0 Å². The van der Waals surface area contributed by atoms with E-state index in [4.69, 9.17) is 5.11 Å². The van der Waals surface area contributed by atoms with Gasteiger partial charge in [0.25, 0.3) is 0 Å². The van der Waals surface area contributed by atoms with E-state index < -0.39 is 11.2 Å². The number of hydrogen-bond donors (Lipinski definition) is 1. The van der Waals surface area contributed by atoms with Gasteiger partial charge in [0.1, 0.15) is 11.5 Å². The molecule has 3 heteroatoms. The maximum absolute atomic E-state index is 10.3. The van der Waals surface area contributed by atoms with Crippen molar-refractivity contribution in [2.24, 2.45) is 0 Å². The van der Waals surface area contributed by atoms with E-state index in [-0.39, 0.29) is 6.61 Å². The Kier molecular flexibility index (Phi) is 4.60. The third-order valence-corrected chi connectivity index (χ3v) is 1.64. The smallest absolute Gasteiger partial charge is 0.128 e. The molecule has 0 saturated heterocycles. The lowest BCUT2D eigenvalue weighted by atomic mass is 10.9. The van der Waals surface area contributed by atoms with Crippen LogP contribution in [-0.4, -0.2) is 27.8 Å². The Morgan fingerprint density at radius 2 is 2.29 bits per heavy atom. The van der Waals surface area contributed by atoms with Crippen molar-refractivity contribution in [3.05, 3.63) is 6.92 Å². The fraction of sp³-hybridized carbons (Fsp3) is 0.750. The zero-order valence-corrected chi connectivity index (χ0v) is 4.91. The molecule has 0 aliphatic heterocycles. The van der Waals surface area contributed by atoms with Gasteiger partial charge in [-0.25, -0.2) is 0 Å². The Bertz CT molecular complexity index is 40.7. The molecule has 0 heterocycles. The fourth-order valence-corrected chi connectivity index (χ4v) is 0.612. The second kappa shape index (κ2) is 4.43. The van der Waals surface area contributed by atoms with Crippen LogP contribution in [0.1, 0.15) is 0 Å². The lowest BCUT2D eigenvalue weighted by Crippen LogP contribution is -2.11. The molecule has 0 bridgehead atoms. The minimum absolute atomic E-state index is 0.00211. The molecule has 1 radical (unpaired) electrons. The SMILES string of the molecule is [CH2]C[S+]([O-])CCO. The van der Waals surface area contributed by atoms with Crippen molar-refractivity contribution in [2.75, 3.05) is 18.1 Å². The van der Waals surface area contributed by atoms with Crippen molar-refractivity contribution in [3.63, 3.8) is 0 Å². The molecule has 0 aliphatic carbocycles. The van der Waals surface area contributed by atoms with Gasteiger partial charge >= 0.3 is 0 Å². The molecule has 0 aromatic carbocycles. The predicted molar refractivity (Wildman–Crippen MR) is 30.3 cm³/mol. The summed E-state index contributed by atoms with van der Waals surface area (Å²) in [6.07, 6.45) is 0. The van der Waals surface area contributed by atoms with Gasteiger partial charge in [0.2, 0.25) is 0 Å². The number of hydrogen-bond acceptors (Lipinski definition) is 2. The third-order valence-electron chi connectivity index (χ3n) is 0.547. The van der Waals surface area contributed by atoms with E-state index in [1.165, 1.54) is 0 Å². The molecule has 0 amide bonds. The molecule has 2 nitrogen and oxygen atoms in total. The van der Waals surface area contributed by atoms with Crippen LogP contribution in [0.15, 0.2) is 0 Å². The summed E-state index contributed by atoms with van der Waals surface area (Å²) in [5.41, 5.74) is 0. The highest BCUT2D eigenvalue weighted by Crippen LogP contribution is 1.85. The monoisotopic (exact) mass is 121 g/mol. The first-order valence-corrected chi connectivity index (χ1v) is 3.55. The van der Waals surface area contributed by atoms with Gasteiger partial charge in [-0.15, -0.1) is 0 Å². The molecule has 1 N–H and O–H groups in total. The number of rotatable bonds is 3. The van der Waals surface area contributed by atoms with Crippen molar-refractivity contribution in [3.8, 4) is 0 Å². The fourth-order valence-electron chi connectivity index (χ4n) is 0.204. The minimum atomic E-state index is -0.888. The average molecular weight is 121 g/mol. The first kappa shape index (κ1) is 7.27. The highest BCUT2D eigenvalue weighted by molar-refractivity contribution is 7.91. The summed E-state index contributed by atoms with van der Waals surface area (Å²) in [6.45, 7) is 3.40. The Hall–Kier alpha value is 0.270. The highest BCUT2D eigenvalue weighted by Gasteiger charge is 1.96. The van der Waals surface area contributed by atoms with Gasteiger partial charge < -0.3 is 9.66 Å². The Labute approximate surface area is 46.7 Å². The van der Waals surface area contributed by atoms with Crippen LogP contribution < -0.4 is 0 Å². The van der Waals surface area contributed by atoms with Gasteiger partial charge in [0.05, 0.1) is 6.61 Å². The van der Waals surface area contributed by atoms with Gasteiger partial charge in [0.15, 0.2) is 0 Å². The van der Waals surface area contributed by atoms with Crippen LogP contribution in [0.3, 0.4) is 0 Å². The van der Waals surface area contributed by atoms with E-state index >= 15 is 0 Å². The Balaban J connectivity index is 2.83. The molecule has 1 unspecified atom stereocenters. The zero-order chi connectivity index (χ0) is 5.70. The maximum Gasteiger partial charge on any atom is 0.128 e. The summed E-state index contributed by atoms with van der Waals surface area (Å²) in [5.74, 6) is 0.768. The third kappa shape index (κ3) is 4.12. The van der Waals surface area contributed by atoms with Crippen LogP contribution in [0.4, 0.5) is 0 Å². The second-order valence-corrected chi connectivity index (χ2v) is 2.77. The largest absolute Gasteiger partial charge is 0.616 e. The van der Waals surface area contributed by atoms with Crippen LogP contribution in [0.25, 0.3) is 0 Å². The van der Waals surface area contributed by atoms with Crippen LogP contribution in [0.2, 0.25) is 0 Å². The van der Waals surface area contributed by atoms with Gasteiger partial charge in [-0.3, -0.25) is 0 Å². The summed E-state index contributed by atoms with van der Waals surface area (Å²) < 4.78 is 10.3. The molecule has 1 atom stereocenters. The molecule has 0 fully saturated rings. The van der Waals surface area contributed by atoms with Crippen LogP contribution in [0.5, 0.6) is 0 Å². The minimum Gasteiger partial charge on any atom is -0.616 e. The maximum atomic E-state index is 10.3. The molecular weight excluding hydrogens is 112 g/mol. The van der Waals surface area contributed by atoms with Crippen molar-refractivity contribution in [1.29, 1.82) is 0 Å². The molecule has 0 aromatic heterocycles. The molecule has 43 valence electrons. The van der Waals surface area contributed by atoms with E-state index in [2.05, 4.69) is 6.92 Å². The predicted octanol–water partition coefficient (Wildman–Crippen LogP) is -0.439. The molecule has 0 rings (SSSR count). The molecule has 0 saturated carbocycles. The highest BCUT2D eigenvalue weighted by atomic mass is 32.2. The first-order chi connectivity index (χ1) is 3.31. The van der Waals surface area contributed by atoms with Crippen molar-refractivity contribution >= 4 is 11.2 Å².